The molecule has 0 aliphatic rings. The molecule has 0 fully saturated rings. The highest BCUT2D eigenvalue weighted by molar-refractivity contribution is 6.33. The first-order valence-electron chi connectivity index (χ1n) is 5.18. The van der Waals surface area contributed by atoms with Crippen molar-refractivity contribution in [2.24, 2.45) is 0 Å². The normalized spacial score (nSPS) is 10.2. The number of hydrogen-bond acceptors (Lipinski definition) is 4. The van der Waals surface area contributed by atoms with E-state index in [0.29, 0.717) is 16.1 Å². The second-order valence-corrected chi connectivity index (χ2v) is 4.10. The zero-order valence-electron chi connectivity index (χ0n) is 9.45. The minimum Gasteiger partial charge on any atom is -0.258 e. The summed E-state index contributed by atoms with van der Waals surface area (Å²) in [6.45, 7) is 0. The van der Waals surface area contributed by atoms with Gasteiger partial charge in [-0.25, -0.2) is 0 Å². The first kappa shape index (κ1) is 13.0. The zero-order valence-corrected chi connectivity index (χ0v) is 10.2. The van der Waals surface area contributed by atoms with Gasteiger partial charge >= 0.3 is 11.4 Å². The van der Waals surface area contributed by atoms with E-state index in [9.17, 15) is 20.2 Å². The summed E-state index contributed by atoms with van der Waals surface area (Å²) in [4.78, 5) is 20.0. The van der Waals surface area contributed by atoms with Crippen LogP contribution in [0, 0.1) is 20.2 Å². The molecular formula is C12H7ClN2O4. The second kappa shape index (κ2) is 5.03. The molecule has 0 unspecified atom stereocenters. The van der Waals surface area contributed by atoms with Crippen molar-refractivity contribution in [3.8, 4) is 11.1 Å². The average Bonchev–Trinajstić information content (AvgIpc) is 2.38. The molecule has 2 aromatic carbocycles. The van der Waals surface area contributed by atoms with Gasteiger partial charge in [0, 0.05) is 22.7 Å². The number of halogens is 1. The second-order valence-electron chi connectivity index (χ2n) is 3.70. The largest absolute Gasteiger partial charge is 0.346 e. The smallest absolute Gasteiger partial charge is 0.258 e. The molecule has 0 aliphatic carbocycles. The summed E-state index contributed by atoms with van der Waals surface area (Å²) in [5, 5.41) is 22.0. The van der Waals surface area contributed by atoms with E-state index in [-0.39, 0.29) is 0 Å². The number of nitrogens with zero attached hydrogens (tertiary/aromatic N) is 2. The average molecular weight is 279 g/mol. The van der Waals surface area contributed by atoms with Gasteiger partial charge in [0.15, 0.2) is 0 Å². The van der Waals surface area contributed by atoms with Crippen LogP contribution in [0.4, 0.5) is 11.4 Å². The molecule has 0 aliphatic heterocycles. The summed E-state index contributed by atoms with van der Waals surface area (Å²) < 4.78 is 0. The fraction of sp³-hybridized carbons (Fsp3) is 0. The highest BCUT2D eigenvalue weighted by Crippen LogP contribution is 2.34. The van der Waals surface area contributed by atoms with Crippen molar-refractivity contribution in [1.29, 1.82) is 0 Å². The van der Waals surface area contributed by atoms with Crippen molar-refractivity contribution in [1.82, 2.24) is 0 Å². The molecule has 0 N–H and O–H groups in total. The van der Waals surface area contributed by atoms with E-state index >= 15 is 0 Å². The minimum atomic E-state index is -0.783. The molecule has 0 radical (unpaired) electrons. The van der Waals surface area contributed by atoms with Crippen LogP contribution in [0.1, 0.15) is 0 Å². The van der Waals surface area contributed by atoms with Gasteiger partial charge in [0.25, 0.3) is 0 Å². The van der Waals surface area contributed by atoms with Gasteiger partial charge in [-0.05, 0) is 17.7 Å². The molecule has 0 spiro atoms. The maximum atomic E-state index is 10.9. The van der Waals surface area contributed by atoms with Gasteiger partial charge in [-0.2, -0.15) is 0 Å². The molecule has 0 atom stereocenters. The molecule has 19 heavy (non-hydrogen) atoms. The molecule has 0 heterocycles. The number of nitro groups is 2. The van der Waals surface area contributed by atoms with Gasteiger partial charge in [-0.1, -0.05) is 29.8 Å². The van der Waals surface area contributed by atoms with Crippen LogP contribution in [0.2, 0.25) is 5.02 Å². The fourth-order valence-electron chi connectivity index (χ4n) is 1.69. The van der Waals surface area contributed by atoms with Crippen LogP contribution in [0.15, 0.2) is 42.5 Å². The van der Waals surface area contributed by atoms with Crippen molar-refractivity contribution in [2.75, 3.05) is 0 Å². The van der Waals surface area contributed by atoms with Crippen molar-refractivity contribution < 1.29 is 9.85 Å². The van der Waals surface area contributed by atoms with Crippen LogP contribution in [-0.4, -0.2) is 9.85 Å². The van der Waals surface area contributed by atoms with Gasteiger partial charge in [0.05, 0.1) is 9.85 Å². The standard InChI is InChI=1S/C12H7ClN2O4/c13-10-4-2-1-3-9(10)8-5-6-11(14(16)17)12(7-8)15(18)19/h1-7H. The lowest BCUT2D eigenvalue weighted by atomic mass is 10.0. The maximum Gasteiger partial charge on any atom is 0.346 e. The van der Waals surface area contributed by atoms with Crippen molar-refractivity contribution >= 4 is 23.0 Å². The molecule has 0 aromatic heterocycles. The van der Waals surface area contributed by atoms with E-state index in [1.54, 1.807) is 24.3 Å². The first-order chi connectivity index (χ1) is 9.00. The summed E-state index contributed by atoms with van der Waals surface area (Å²) in [5.74, 6) is 0. The van der Waals surface area contributed by atoms with Crippen LogP contribution >= 0.6 is 11.6 Å². The Kier molecular flexibility index (Phi) is 3.43. The van der Waals surface area contributed by atoms with Gasteiger partial charge in [-0.15, -0.1) is 0 Å². The van der Waals surface area contributed by atoms with Crippen molar-refractivity contribution in [3.63, 3.8) is 0 Å². The monoisotopic (exact) mass is 278 g/mol. The SMILES string of the molecule is O=[N+]([O-])c1ccc(-c2ccccc2Cl)cc1[N+](=O)[O-]. The summed E-state index contributed by atoms with van der Waals surface area (Å²) in [6, 6.07) is 10.5. The van der Waals surface area contributed by atoms with Gasteiger partial charge in [0.2, 0.25) is 0 Å². The molecule has 0 saturated carbocycles. The third-order valence-corrected chi connectivity index (χ3v) is 2.88. The summed E-state index contributed by atoms with van der Waals surface area (Å²) in [7, 11) is 0. The van der Waals surface area contributed by atoms with Crippen LogP contribution < -0.4 is 0 Å². The molecule has 0 amide bonds. The first-order valence-corrected chi connectivity index (χ1v) is 5.56. The molecule has 2 rings (SSSR count). The van der Waals surface area contributed by atoms with E-state index in [1.807, 2.05) is 0 Å². The lowest BCUT2D eigenvalue weighted by Crippen LogP contribution is -1.96. The van der Waals surface area contributed by atoms with Crippen LogP contribution in [0.3, 0.4) is 0 Å². The Labute approximate surface area is 112 Å². The lowest BCUT2D eigenvalue weighted by molar-refractivity contribution is -0.422. The Morgan fingerprint density at radius 2 is 1.53 bits per heavy atom. The van der Waals surface area contributed by atoms with Crippen LogP contribution in [-0.2, 0) is 0 Å². The molecule has 96 valence electrons. The Balaban J connectivity index is 2.62. The molecule has 6 nitrogen and oxygen atoms in total. The molecule has 0 saturated heterocycles. The van der Waals surface area contributed by atoms with Crippen molar-refractivity contribution in [2.45, 2.75) is 0 Å². The number of nitro benzene ring substituents is 2. The third-order valence-electron chi connectivity index (χ3n) is 2.55. The minimum absolute atomic E-state index is 0.422. The predicted octanol–water partition coefficient (Wildman–Crippen LogP) is 3.82. The van der Waals surface area contributed by atoms with E-state index in [4.69, 9.17) is 11.6 Å². The third kappa shape index (κ3) is 2.53. The fourth-order valence-corrected chi connectivity index (χ4v) is 1.93. The van der Waals surface area contributed by atoms with Crippen LogP contribution in [0.5, 0.6) is 0 Å². The van der Waals surface area contributed by atoms with Gasteiger partial charge in [-0.3, -0.25) is 20.2 Å². The van der Waals surface area contributed by atoms with Crippen molar-refractivity contribution in [3.05, 3.63) is 67.7 Å². The lowest BCUT2D eigenvalue weighted by Gasteiger charge is -2.04. The van der Waals surface area contributed by atoms with E-state index in [0.717, 1.165) is 12.1 Å². The molecule has 2 aromatic rings. The number of benzene rings is 2. The highest BCUT2D eigenvalue weighted by Gasteiger charge is 2.24. The summed E-state index contributed by atoms with van der Waals surface area (Å²) >= 11 is 5.99. The highest BCUT2D eigenvalue weighted by atomic mass is 35.5. The molecular weight excluding hydrogens is 272 g/mol. The number of rotatable bonds is 3. The van der Waals surface area contributed by atoms with Crippen LogP contribution in [0.25, 0.3) is 11.1 Å². The molecule has 0 bridgehead atoms. The maximum absolute atomic E-state index is 10.9. The topological polar surface area (TPSA) is 86.3 Å². The summed E-state index contributed by atoms with van der Waals surface area (Å²) in [5.41, 5.74) is -0.0479. The molecule has 7 heteroatoms. The zero-order chi connectivity index (χ0) is 14.0. The van der Waals surface area contributed by atoms with E-state index in [1.165, 1.54) is 6.07 Å². The number of hydrogen-bond donors (Lipinski definition) is 0. The summed E-state index contributed by atoms with van der Waals surface area (Å²) in [6.07, 6.45) is 0. The van der Waals surface area contributed by atoms with Gasteiger partial charge in [0.1, 0.15) is 0 Å². The predicted molar refractivity (Wildman–Crippen MR) is 70.2 cm³/mol. The Hall–Kier alpha value is -2.47. The Morgan fingerprint density at radius 3 is 2.11 bits per heavy atom. The Bertz CT molecular complexity index is 673. The van der Waals surface area contributed by atoms with Gasteiger partial charge < -0.3 is 0 Å². The Morgan fingerprint density at radius 1 is 0.895 bits per heavy atom. The van der Waals surface area contributed by atoms with E-state index in [2.05, 4.69) is 0 Å². The quantitative estimate of drug-likeness (QED) is 0.631. The van der Waals surface area contributed by atoms with E-state index < -0.39 is 21.2 Å².